The Bertz CT molecular complexity index is 1280. The van der Waals surface area contributed by atoms with Gasteiger partial charge in [-0.1, -0.05) is 30.3 Å². The summed E-state index contributed by atoms with van der Waals surface area (Å²) in [7, 11) is -3.68. The van der Waals surface area contributed by atoms with Crippen molar-refractivity contribution in [3.8, 4) is 0 Å². The molecule has 2 aromatic carbocycles. The Morgan fingerprint density at radius 2 is 1.84 bits per heavy atom. The minimum atomic E-state index is -3.68. The van der Waals surface area contributed by atoms with Gasteiger partial charge in [0.25, 0.3) is 0 Å². The third kappa shape index (κ3) is 2.89. The van der Waals surface area contributed by atoms with Crippen LogP contribution in [-0.2, 0) is 21.2 Å². The largest absolute Gasteiger partial charge is 0.443 e. The first kappa shape index (κ1) is 19.1. The van der Waals surface area contributed by atoms with Crippen LogP contribution >= 0.6 is 11.7 Å². The topological polar surface area (TPSA) is 92.7 Å². The molecule has 3 aromatic rings. The lowest BCUT2D eigenvalue weighted by Gasteiger charge is -2.37. The molecule has 10 heteroatoms. The molecule has 6 rings (SSSR count). The molecule has 8 nitrogen and oxygen atoms in total. The Balaban J connectivity index is 1.24. The predicted octanol–water partition coefficient (Wildman–Crippen LogP) is 2.96. The van der Waals surface area contributed by atoms with Crippen LogP contribution in [0, 0.1) is 0 Å². The smallest absolute Gasteiger partial charge is 0.411 e. The lowest BCUT2D eigenvalue weighted by molar-refractivity contribution is 0.119. The van der Waals surface area contributed by atoms with E-state index in [-0.39, 0.29) is 29.2 Å². The number of carbonyl (C=O) groups excluding carboxylic acids is 1. The molecule has 0 spiro atoms. The fourth-order valence-electron chi connectivity index (χ4n) is 5.14. The molecule has 3 heterocycles. The van der Waals surface area contributed by atoms with Crippen LogP contribution in [-0.4, -0.2) is 57.7 Å². The van der Waals surface area contributed by atoms with Gasteiger partial charge in [0.15, 0.2) is 0 Å². The van der Waals surface area contributed by atoms with Gasteiger partial charge in [-0.05, 0) is 36.1 Å². The average molecular weight is 457 g/mol. The predicted molar refractivity (Wildman–Crippen MR) is 114 cm³/mol. The molecule has 1 aromatic heterocycles. The summed E-state index contributed by atoms with van der Waals surface area (Å²) >= 11 is 1.01. The molecule has 2 saturated heterocycles. The van der Waals surface area contributed by atoms with Gasteiger partial charge in [0.05, 0.1) is 17.8 Å². The molecule has 2 aliphatic heterocycles. The van der Waals surface area contributed by atoms with Crippen LogP contribution in [0.3, 0.4) is 0 Å². The van der Waals surface area contributed by atoms with E-state index in [0.717, 1.165) is 23.7 Å². The maximum Gasteiger partial charge on any atom is 0.411 e. The second kappa shape index (κ2) is 6.98. The van der Waals surface area contributed by atoms with Gasteiger partial charge in [-0.3, -0.25) is 4.90 Å². The van der Waals surface area contributed by atoms with Crippen molar-refractivity contribution in [2.45, 2.75) is 42.3 Å². The molecule has 31 heavy (non-hydrogen) atoms. The Morgan fingerprint density at radius 1 is 1.03 bits per heavy atom. The Kier molecular flexibility index (Phi) is 4.31. The van der Waals surface area contributed by atoms with E-state index < -0.39 is 10.0 Å². The molecule has 0 unspecified atom stereocenters. The maximum atomic E-state index is 13.3. The normalized spacial score (nSPS) is 24.4. The van der Waals surface area contributed by atoms with E-state index in [2.05, 4.69) is 20.9 Å². The molecule has 1 aliphatic carbocycles. The third-order valence-electron chi connectivity index (χ3n) is 6.59. The molecular weight excluding hydrogens is 436 g/mol. The van der Waals surface area contributed by atoms with Crippen LogP contribution in [0.5, 0.6) is 0 Å². The van der Waals surface area contributed by atoms with E-state index in [1.54, 1.807) is 18.2 Å². The van der Waals surface area contributed by atoms with Crippen LogP contribution in [0.25, 0.3) is 11.0 Å². The monoisotopic (exact) mass is 456 g/mol. The highest BCUT2D eigenvalue weighted by atomic mass is 32.2. The summed E-state index contributed by atoms with van der Waals surface area (Å²) in [4.78, 5) is 14.7. The van der Waals surface area contributed by atoms with E-state index in [9.17, 15) is 13.2 Å². The molecule has 2 atom stereocenters. The third-order valence-corrected chi connectivity index (χ3v) is 9.07. The highest BCUT2D eigenvalue weighted by Gasteiger charge is 2.50. The molecule has 160 valence electrons. The number of carbonyl (C=O) groups is 1. The summed E-state index contributed by atoms with van der Waals surface area (Å²) in [6.45, 7) is 0.702. The number of hydrogen-bond donors (Lipinski definition) is 0. The van der Waals surface area contributed by atoms with Crippen LogP contribution in [0.1, 0.15) is 30.0 Å². The number of sulfonamides is 1. The number of aromatic nitrogens is 2. The Hall–Kier alpha value is -2.56. The van der Waals surface area contributed by atoms with Gasteiger partial charge in [-0.25, -0.2) is 13.2 Å². The molecule has 0 N–H and O–H groups in total. The van der Waals surface area contributed by atoms with Gasteiger partial charge < -0.3 is 4.74 Å². The van der Waals surface area contributed by atoms with E-state index in [0.29, 0.717) is 37.0 Å². The first-order valence-electron chi connectivity index (χ1n) is 10.3. The minimum absolute atomic E-state index is 0.0446. The van der Waals surface area contributed by atoms with Crippen LogP contribution in [0.4, 0.5) is 4.79 Å². The zero-order chi connectivity index (χ0) is 21.2. The fourth-order valence-corrected chi connectivity index (χ4v) is 7.36. The second-order valence-electron chi connectivity index (χ2n) is 8.20. The zero-order valence-electron chi connectivity index (χ0n) is 16.5. The summed E-state index contributed by atoms with van der Waals surface area (Å²) in [5.74, 6) is 0. The minimum Gasteiger partial charge on any atom is -0.443 e. The SMILES string of the molecule is O=C1O[C@H]2Cc3ccccc3[C@H]2N1C1CCN(S(=O)(=O)c2cccc3nsnc23)CC1. The van der Waals surface area contributed by atoms with Crippen molar-refractivity contribution in [3.63, 3.8) is 0 Å². The first-order chi connectivity index (χ1) is 15.0. The van der Waals surface area contributed by atoms with E-state index in [1.165, 1.54) is 9.87 Å². The summed E-state index contributed by atoms with van der Waals surface area (Å²) in [5, 5.41) is 0. The number of piperidine rings is 1. The van der Waals surface area contributed by atoms with Crippen molar-refractivity contribution < 1.29 is 17.9 Å². The number of nitrogens with zero attached hydrogens (tertiary/aromatic N) is 4. The van der Waals surface area contributed by atoms with Gasteiger partial charge in [0.1, 0.15) is 22.0 Å². The summed E-state index contributed by atoms with van der Waals surface area (Å²) in [6.07, 6.45) is 1.45. The van der Waals surface area contributed by atoms with Crippen molar-refractivity contribution >= 4 is 38.9 Å². The highest BCUT2D eigenvalue weighted by molar-refractivity contribution is 7.89. The number of fused-ring (bicyclic) bond motifs is 4. The maximum absolute atomic E-state index is 13.3. The van der Waals surface area contributed by atoms with Crippen molar-refractivity contribution in [1.29, 1.82) is 0 Å². The summed E-state index contributed by atoms with van der Waals surface area (Å²) < 4.78 is 42.1. The van der Waals surface area contributed by atoms with Gasteiger partial charge in [0, 0.05) is 25.6 Å². The standard InChI is InChI=1S/C21H20N4O4S2/c26-21-25(20-15-5-2-1-4-13(15)12-17(20)29-21)14-8-10-24(11-9-14)31(27,28)18-7-3-6-16-19(18)23-30-22-16/h1-7,14,17,20H,8-12H2/t17-,20+/m0/s1. The van der Waals surface area contributed by atoms with E-state index in [4.69, 9.17) is 4.74 Å². The van der Waals surface area contributed by atoms with Crippen LogP contribution in [0.15, 0.2) is 47.4 Å². The molecule has 0 radical (unpaired) electrons. The number of benzene rings is 2. The molecule has 2 fully saturated rings. The lowest BCUT2D eigenvalue weighted by Crippen LogP contribution is -2.47. The second-order valence-corrected chi connectivity index (χ2v) is 10.6. The van der Waals surface area contributed by atoms with E-state index in [1.807, 2.05) is 17.0 Å². The van der Waals surface area contributed by atoms with Crippen molar-refractivity contribution in [2.24, 2.45) is 0 Å². The van der Waals surface area contributed by atoms with Crippen molar-refractivity contribution in [2.75, 3.05) is 13.1 Å². The fraction of sp³-hybridized carbons (Fsp3) is 0.381. The number of rotatable bonds is 3. The number of ether oxygens (including phenoxy) is 1. The summed E-state index contributed by atoms with van der Waals surface area (Å²) in [5.41, 5.74) is 3.38. The Morgan fingerprint density at radius 3 is 2.68 bits per heavy atom. The van der Waals surface area contributed by atoms with Gasteiger partial charge in [-0.2, -0.15) is 13.1 Å². The van der Waals surface area contributed by atoms with Crippen molar-refractivity contribution in [3.05, 3.63) is 53.6 Å². The molecule has 0 bridgehead atoms. The van der Waals surface area contributed by atoms with Crippen LogP contribution in [0.2, 0.25) is 0 Å². The average Bonchev–Trinajstić information content (AvgIpc) is 3.46. The van der Waals surface area contributed by atoms with Crippen molar-refractivity contribution in [1.82, 2.24) is 18.0 Å². The molecule has 1 amide bonds. The number of hydrogen-bond acceptors (Lipinski definition) is 7. The molecule has 0 saturated carbocycles. The quantitative estimate of drug-likeness (QED) is 0.602. The van der Waals surface area contributed by atoms with Gasteiger partial charge >= 0.3 is 6.09 Å². The van der Waals surface area contributed by atoms with Gasteiger partial charge in [0.2, 0.25) is 10.0 Å². The molecular formula is C21H20N4O4S2. The van der Waals surface area contributed by atoms with Gasteiger partial charge in [-0.15, -0.1) is 0 Å². The van der Waals surface area contributed by atoms with Crippen LogP contribution < -0.4 is 0 Å². The first-order valence-corrected chi connectivity index (χ1v) is 12.5. The summed E-state index contributed by atoms with van der Waals surface area (Å²) in [6, 6.07) is 13.1. The Labute approximate surface area is 183 Å². The zero-order valence-corrected chi connectivity index (χ0v) is 18.2. The molecule has 3 aliphatic rings. The van der Waals surface area contributed by atoms with E-state index >= 15 is 0 Å². The highest BCUT2D eigenvalue weighted by Crippen LogP contribution is 2.45. The lowest BCUT2D eigenvalue weighted by atomic mass is 10.00. The number of amides is 1.